The molecule has 4 nitrogen and oxygen atoms in total. The van der Waals surface area contributed by atoms with Crippen LogP contribution in [-0.2, 0) is 13.0 Å². The van der Waals surface area contributed by atoms with Crippen LogP contribution in [0.3, 0.4) is 0 Å². The molecule has 2 heterocycles. The molecule has 1 aliphatic rings. The molecule has 158 valence electrons. The number of nitrogens with two attached hydrogens (primary N) is 1. The lowest BCUT2D eigenvalue weighted by atomic mass is 9.99. The van der Waals surface area contributed by atoms with Gasteiger partial charge in [-0.3, -0.25) is 4.98 Å². The molecule has 1 saturated carbocycles. The topological polar surface area (TPSA) is 63.8 Å². The summed E-state index contributed by atoms with van der Waals surface area (Å²) in [5, 5.41) is 3.82. The lowest BCUT2D eigenvalue weighted by Crippen LogP contribution is -2.15. The third kappa shape index (κ3) is 5.55. The minimum Gasteiger partial charge on any atom is -0.366 e. The van der Waals surface area contributed by atoms with Gasteiger partial charge in [0, 0.05) is 30.0 Å². The van der Waals surface area contributed by atoms with Crippen LogP contribution in [0.1, 0.15) is 37.9 Å². The summed E-state index contributed by atoms with van der Waals surface area (Å²) in [7, 11) is 0. The summed E-state index contributed by atoms with van der Waals surface area (Å²) >= 11 is 6.43. The summed E-state index contributed by atoms with van der Waals surface area (Å²) in [5.74, 6) is 1.05. The van der Waals surface area contributed by atoms with Crippen LogP contribution >= 0.6 is 11.6 Å². The third-order valence-corrected chi connectivity index (χ3v) is 5.68. The number of anilines is 1. The number of benzene rings is 1. The summed E-state index contributed by atoms with van der Waals surface area (Å²) < 4.78 is 13.4. The number of aromatic nitrogens is 2. The zero-order valence-electron chi connectivity index (χ0n) is 16.1. The summed E-state index contributed by atoms with van der Waals surface area (Å²) in [6, 6.07) is 14.6. The number of nitrogens with zero attached hydrogens (tertiary/aromatic N) is 2. The van der Waals surface area contributed by atoms with E-state index in [1.54, 1.807) is 12.3 Å². The molecule has 3 aromatic rings. The van der Waals surface area contributed by atoms with Crippen molar-refractivity contribution in [2.75, 3.05) is 5.32 Å². The average molecular weight is 427 g/mol. The Morgan fingerprint density at radius 1 is 1.13 bits per heavy atom. The van der Waals surface area contributed by atoms with Gasteiger partial charge < -0.3 is 11.1 Å². The third-order valence-electron chi connectivity index (χ3n) is 5.38. The highest BCUT2D eigenvalue weighted by Crippen LogP contribution is 2.31. The second-order valence-corrected chi connectivity index (χ2v) is 8.10. The van der Waals surface area contributed by atoms with Crippen molar-refractivity contribution in [1.29, 1.82) is 0 Å². The molecule has 2 atom stereocenters. The number of halogens is 2. The van der Waals surface area contributed by atoms with E-state index < -0.39 is 0 Å². The van der Waals surface area contributed by atoms with E-state index >= 15 is 0 Å². The maximum absolute atomic E-state index is 13.4. The number of pyridine rings is 2. The molecule has 1 aromatic carbocycles. The van der Waals surface area contributed by atoms with E-state index in [1.165, 1.54) is 12.1 Å². The van der Waals surface area contributed by atoms with Crippen molar-refractivity contribution in [2.45, 2.75) is 45.7 Å². The fourth-order valence-corrected chi connectivity index (χ4v) is 4.11. The van der Waals surface area contributed by atoms with Gasteiger partial charge in [0.1, 0.15) is 11.6 Å². The first-order valence-electron chi connectivity index (χ1n) is 9.92. The first kappa shape index (κ1) is 22.2. The largest absolute Gasteiger partial charge is 0.366 e. The minimum absolute atomic E-state index is 0. The van der Waals surface area contributed by atoms with Crippen molar-refractivity contribution in [3.63, 3.8) is 0 Å². The SMILES string of the molecule is C.N[C@@H]1CC[C@@H](Cc2cc(-c3cccc(NCc4cccc(F)c4)n3)c(Cl)cn2)C1. The summed E-state index contributed by atoms with van der Waals surface area (Å²) in [4.78, 5) is 9.20. The first-order valence-corrected chi connectivity index (χ1v) is 10.3. The standard InChI is InChI=1S/C23H24ClFN4.CH4/c24-21-14-27-19(11-15-7-8-18(26)10-15)12-20(21)22-5-2-6-23(29-22)28-13-16-3-1-4-17(25)9-16;/h1-6,9,12,14-15,18H,7-8,10-11,13,26H2,(H,28,29);1H4/t15-,18-;/m1./s1. The molecule has 6 heteroatoms. The highest BCUT2D eigenvalue weighted by Gasteiger charge is 2.22. The molecule has 4 rings (SSSR count). The van der Waals surface area contributed by atoms with Gasteiger partial charge in [-0.2, -0.15) is 0 Å². The fraction of sp³-hybridized carbons (Fsp3) is 0.333. The van der Waals surface area contributed by atoms with Gasteiger partial charge in [0.2, 0.25) is 0 Å². The molecule has 2 aromatic heterocycles. The van der Waals surface area contributed by atoms with E-state index in [2.05, 4.69) is 15.3 Å². The second kappa shape index (κ2) is 10.0. The van der Waals surface area contributed by atoms with E-state index in [0.717, 1.165) is 48.2 Å². The molecular formula is C24H28ClFN4. The number of nitrogens with one attached hydrogen (secondary N) is 1. The zero-order chi connectivity index (χ0) is 20.2. The van der Waals surface area contributed by atoms with Crippen molar-refractivity contribution >= 4 is 17.4 Å². The van der Waals surface area contributed by atoms with Gasteiger partial charge in [-0.25, -0.2) is 9.37 Å². The molecule has 0 aliphatic heterocycles. The van der Waals surface area contributed by atoms with Gasteiger partial charge in [0.15, 0.2) is 0 Å². The van der Waals surface area contributed by atoms with Crippen LogP contribution in [0, 0.1) is 11.7 Å². The Labute approximate surface area is 182 Å². The minimum atomic E-state index is -0.245. The zero-order valence-corrected chi connectivity index (χ0v) is 16.9. The summed E-state index contributed by atoms with van der Waals surface area (Å²) in [6.07, 6.45) is 5.91. The van der Waals surface area contributed by atoms with E-state index in [9.17, 15) is 4.39 Å². The number of rotatable bonds is 6. The van der Waals surface area contributed by atoms with Gasteiger partial charge in [0.25, 0.3) is 0 Å². The molecule has 1 fully saturated rings. The quantitative estimate of drug-likeness (QED) is 0.518. The van der Waals surface area contributed by atoms with E-state index in [0.29, 0.717) is 29.3 Å². The van der Waals surface area contributed by atoms with Crippen molar-refractivity contribution in [3.05, 3.63) is 76.8 Å². The Balaban J connectivity index is 0.00000256. The predicted molar refractivity (Wildman–Crippen MR) is 122 cm³/mol. The Kier molecular flexibility index (Phi) is 7.40. The van der Waals surface area contributed by atoms with Crippen LogP contribution in [-0.4, -0.2) is 16.0 Å². The Morgan fingerprint density at radius 3 is 2.73 bits per heavy atom. The summed E-state index contributed by atoms with van der Waals surface area (Å²) in [6.45, 7) is 0.492. The van der Waals surface area contributed by atoms with Crippen molar-refractivity contribution in [3.8, 4) is 11.3 Å². The maximum atomic E-state index is 13.4. The predicted octanol–water partition coefficient (Wildman–Crippen LogP) is 5.85. The molecule has 0 saturated heterocycles. The number of hydrogen-bond donors (Lipinski definition) is 2. The van der Waals surface area contributed by atoms with Gasteiger partial charge in [-0.1, -0.05) is 37.2 Å². The molecule has 0 amide bonds. The monoisotopic (exact) mass is 426 g/mol. The van der Waals surface area contributed by atoms with Crippen molar-refractivity contribution < 1.29 is 4.39 Å². The van der Waals surface area contributed by atoms with Crippen LogP contribution in [0.4, 0.5) is 10.2 Å². The van der Waals surface area contributed by atoms with E-state index in [1.807, 2.05) is 30.3 Å². The fourth-order valence-electron chi connectivity index (χ4n) is 3.91. The molecule has 30 heavy (non-hydrogen) atoms. The van der Waals surface area contributed by atoms with Crippen LogP contribution in [0.15, 0.2) is 54.7 Å². The van der Waals surface area contributed by atoms with Crippen molar-refractivity contribution in [1.82, 2.24) is 9.97 Å². The van der Waals surface area contributed by atoms with Gasteiger partial charge >= 0.3 is 0 Å². The van der Waals surface area contributed by atoms with Crippen LogP contribution in [0.25, 0.3) is 11.3 Å². The molecule has 0 bridgehead atoms. The van der Waals surface area contributed by atoms with Gasteiger partial charge in [-0.05, 0) is 67.5 Å². The van der Waals surface area contributed by atoms with Gasteiger partial charge in [-0.15, -0.1) is 0 Å². The Morgan fingerprint density at radius 2 is 1.97 bits per heavy atom. The smallest absolute Gasteiger partial charge is 0.126 e. The van der Waals surface area contributed by atoms with Gasteiger partial charge in [0.05, 0.1) is 10.7 Å². The lowest BCUT2D eigenvalue weighted by molar-refractivity contribution is 0.528. The van der Waals surface area contributed by atoms with Crippen LogP contribution in [0.5, 0.6) is 0 Å². The average Bonchev–Trinajstić information content (AvgIpc) is 3.13. The molecule has 0 spiro atoms. The Hall–Kier alpha value is -2.50. The first-order chi connectivity index (χ1) is 14.1. The molecule has 0 radical (unpaired) electrons. The van der Waals surface area contributed by atoms with Crippen molar-refractivity contribution in [2.24, 2.45) is 11.7 Å². The highest BCUT2D eigenvalue weighted by molar-refractivity contribution is 6.33. The molecule has 3 N–H and O–H groups in total. The molecule has 0 unspecified atom stereocenters. The normalized spacial score (nSPS) is 18.1. The summed E-state index contributed by atoms with van der Waals surface area (Å²) in [5.41, 5.74) is 9.57. The highest BCUT2D eigenvalue weighted by atomic mass is 35.5. The number of hydrogen-bond acceptors (Lipinski definition) is 4. The van der Waals surface area contributed by atoms with E-state index in [-0.39, 0.29) is 13.2 Å². The second-order valence-electron chi connectivity index (χ2n) is 7.69. The Bertz CT molecular complexity index is 994. The van der Waals surface area contributed by atoms with Crippen LogP contribution in [0.2, 0.25) is 5.02 Å². The maximum Gasteiger partial charge on any atom is 0.126 e. The van der Waals surface area contributed by atoms with E-state index in [4.69, 9.17) is 17.3 Å². The lowest BCUT2D eigenvalue weighted by Gasteiger charge is -2.12. The molecule has 1 aliphatic carbocycles. The molecular weight excluding hydrogens is 399 g/mol. The van der Waals surface area contributed by atoms with Crippen LogP contribution < -0.4 is 11.1 Å².